The van der Waals surface area contributed by atoms with Crippen molar-refractivity contribution in [3.05, 3.63) is 42.2 Å². The molecule has 0 saturated carbocycles. The van der Waals surface area contributed by atoms with Gasteiger partial charge in [-0.1, -0.05) is 6.92 Å². The minimum Gasteiger partial charge on any atom is -0.497 e. The Morgan fingerprint density at radius 3 is 2.61 bits per heavy atom. The molecule has 2 aromatic rings. The number of anilines is 2. The Balaban J connectivity index is 2.12. The maximum atomic E-state index is 12.3. The topological polar surface area (TPSA) is 72.5 Å². The molecule has 0 bridgehead atoms. The zero-order chi connectivity index (χ0) is 16.7. The summed E-state index contributed by atoms with van der Waals surface area (Å²) in [5.41, 5.74) is 1.76. The van der Waals surface area contributed by atoms with Gasteiger partial charge in [0.1, 0.15) is 17.2 Å². The van der Waals surface area contributed by atoms with Crippen LogP contribution in [0.4, 0.5) is 11.4 Å². The number of carbonyl (C=O) groups excluding carboxylic acids is 1. The first kappa shape index (κ1) is 16.6. The van der Waals surface area contributed by atoms with Gasteiger partial charge in [-0.2, -0.15) is 0 Å². The molecule has 6 nitrogen and oxygen atoms in total. The van der Waals surface area contributed by atoms with Crippen LogP contribution in [0, 0.1) is 0 Å². The summed E-state index contributed by atoms with van der Waals surface area (Å²) in [6.07, 6.45) is 2.67. The fourth-order valence-electron chi connectivity index (χ4n) is 2.00. The van der Waals surface area contributed by atoms with Gasteiger partial charge in [-0.05, 0) is 30.7 Å². The second-order valence-corrected chi connectivity index (χ2v) is 4.88. The Morgan fingerprint density at radius 1 is 1.17 bits per heavy atom. The summed E-state index contributed by atoms with van der Waals surface area (Å²) in [5.74, 6) is 0.882. The van der Waals surface area contributed by atoms with Gasteiger partial charge in [-0.25, -0.2) is 4.98 Å². The number of methoxy groups -OCH3 is 2. The molecule has 2 rings (SSSR count). The maximum absolute atomic E-state index is 12.3. The molecule has 2 N–H and O–H groups in total. The van der Waals surface area contributed by atoms with Crippen LogP contribution < -0.4 is 20.1 Å². The van der Waals surface area contributed by atoms with Crippen molar-refractivity contribution in [2.75, 3.05) is 31.4 Å². The molecular weight excluding hydrogens is 294 g/mol. The normalized spacial score (nSPS) is 10.0. The van der Waals surface area contributed by atoms with E-state index in [9.17, 15) is 4.79 Å². The number of carbonyl (C=O) groups is 1. The molecule has 1 amide bonds. The highest BCUT2D eigenvalue weighted by molar-refractivity contribution is 6.03. The molecule has 0 spiro atoms. The average Bonchev–Trinajstić information content (AvgIpc) is 2.60. The summed E-state index contributed by atoms with van der Waals surface area (Å²) in [6.45, 7) is 2.96. The summed E-state index contributed by atoms with van der Waals surface area (Å²) < 4.78 is 10.4. The third-order valence-electron chi connectivity index (χ3n) is 3.23. The molecule has 122 valence electrons. The van der Waals surface area contributed by atoms with Crippen LogP contribution in [0.3, 0.4) is 0 Å². The fraction of sp³-hybridized carbons (Fsp3) is 0.294. The van der Waals surface area contributed by atoms with Crippen LogP contribution >= 0.6 is 0 Å². The van der Waals surface area contributed by atoms with E-state index in [0.717, 1.165) is 18.7 Å². The molecule has 0 radical (unpaired) electrons. The van der Waals surface area contributed by atoms with Crippen LogP contribution in [0.5, 0.6) is 11.5 Å². The highest BCUT2D eigenvalue weighted by Gasteiger charge is 2.12. The standard InChI is InChI=1S/C17H21N3O3/c1-4-9-18-12-5-7-14(19-11-12)17(21)20-15-10-13(22-2)6-8-16(15)23-3/h5-8,10-11,18H,4,9H2,1-3H3,(H,20,21). The van der Waals surface area contributed by atoms with Gasteiger partial charge >= 0.3 is 0 Å². The van der Waals surface area contributed by atoms with E-state index >= 15 is 0 Å². The summed E-state index contributed by atoms with van der Waals surface area (Å²) >= 11 is 0. The van der Waals surface area contributed by atoms with Crippen molar-refractivity contribution in [2.24, 2.45) is 0 Å². The monoisotopic (exact) mass is 315 g/mol. The first-order valence-corrected chi connectivity index (χ1v) is 7.41. The molecule has 0 fully saturated rings. The molecular formula is C17H21N3O3. The summed E-state index contributed by atoms with van der Waals surface area (Å²) in [7, 11) is 3.11. The van der Waals surface area contributed by atoms with E-state index in [0.29, 0.717) is 22.9 Å². The minimum atomic E-state index is -0.307. The van der Waals surface area contributed by atoms with Gasteiger partial charge in [0.15, 0.2) is 0 Å². The SMILES string of the molecule is CCCNc1ccc(C(=O)Nc2cc(OC)ccc2OC)nc1. The van der Waals surface area contributed by atoms with Gasteiger partial charge in [0.25, 0.3) is 5.91 Å². The predicted octanol–water partition coefficient (Wildman–Crippen LogP) is 3.17. The third-order valence-corrected chi connectivity index (χ3v) is 3.23. The first-order valence-electron chi connectivity index (χ1n) is 7.41. The lowest BCUT2D eigenvalue weighted by Gasteiger charge is -2.11. The number of amides is 1. The van der Waals surface area contributed by atoms with Gasteiger partial charge in [0, 0.05) is 12.6 Å². The van der Waals surface area contributed by atoms with E-state index in [1.807, 2.05) is 6.07 Å². The molecule has 0 unspecified atom stereocenters. The van der Waals surface area contributed by atoms with Crippen molar-refractivity contribution in [3.8, 4) is 11.5 Å². The zero-order valence-corrected chi connectivity index (χ0v) is 13.6. The highest BCUT2D eigenvalue weighted by atomic mass is 16.5. The Kier molecular flexibility index (Phi) is 5.80. The molecule has 0 aliphatic carbocycles. The summed E-state index contributed by atoms with van der Waals surface area (Å²) in [6, 6.07) is 8.72. The van der Waals surface area contributed by atoms with Gasteiger partial charge in [0.2, 0.25) is 0 Å². The van der Waals surface area contributed by atoms with E-state index in [2.05, 4.69) is 22.5 Å². The summed E-state index contributed by atoms with van der Waals surface area (Å²) in [5, 5.41) is 6.00. The van der Waals surface area contributed by atoms with E-state index in [4.69, 9.17) is 9.47 Å². The second-order valence-electron chi connectivity index (χ2n) is 4.88. The fourth-order valence-corrected chi connectivity index (χ4v) is 2.00. The van der Waals surface area contributed by atoms with Crippen molar-refractivity contribution in [2.45, 2.75) is 13.3 Å². The molecule has 1 aromatic carbocycles. The number of hydrogen-bond acceptors (Lipinski definition) is 5. The van der Waals surface area contributed by atoms with E-state index in [1.165, 1.54) is 0 Å². The quantitative estimate of drug-likeness (QED) is 0.821. The number of nitrogens with zero attached hydrogens (tertiary/aromatic N) is 1. The van der Waals surface area contributed by atoms with Crippen molar-refractivity contribution in [1.29, 1.82) is 0 Å². The predicted molar refractivity (Wildman–Crippen MR) is 90.5 cm³/mol. The Hall–Kier alpha value is -2.76. The molecule has 1 aromatic heterocycles. The maximum Gasteiger partial charge on any atom is 0.274 e. The smallest absolute Gasteiger partial charge is 0.274 e. The van der Waals surface area contributed by atoms with Crippen LogP contribution in [-0.2, 0) is 0 Å². The molecule has 1 heterocycles. The van der Waals surface area contributed by atoms with Crippen molar-refractivity contribution in [3.63, 3.8) is 0 Å². The number of rotatable bonds is 7. The average molecular weight is 315 g/mol. The number of nitrogens with one attached hydrogen (secondary N) is 2. The van der Waals surface area contributed by atoms with E-state index in [-0.39, 0.29) is 5.91 Å². The summed E-state index contributed by atoms with van der Waals surface area (Å²) in [4.78, 5) is 16.5. The van der Waals surface area contributed by atoms with Crippen LogP contribution in [0.15, 0.2) is 36.5 Å². The number of ether oxygens (including phenoxy) is 2. The number of benzene rings is 1. The Morgan fingerprint density at radius 2 is 2.00 bits per heavy atom. The van der Waals surface area contributed by atoms with Crippen LogP contribution in [-0.4, -0.2) is 31.7 Å². The molecule has 0 aliphatic heterocycles. The molecule has 0 saturated heterocycles. The lowest BCUT2D eigenvalue weighted by molar-refractivity contribution is 0.102. The zero-order valence-electron chi connectivity index (χ0n) is 13.6. The van der Waals surface area contributed by atoms with Gasteiger partial charge in [-0.3, -0.25) is 4.79 Å². The van der Waals surface area contributed by atoms with Crippen molar-refractivity contribution < 1.29 is 14.3 Å². The molecule has 0 aliphatic rings. The molecule has 0 atom stereocenters. The Bertz CT molecular complexity index is 657. The molecule has 23 heavy (non-hydrogen) atoms. The highest BCUT2D eigenvalue weighted by Crippen LogP contribution is 2.29. The molecule has 6 heteroatoms. The van der Waals surface area contributed by atoms with Crippen molar-refractivity contribution in [1.82, 2.24) is 4.98 Å². The van der Waals surface area contributed by atoms with Gasteiger partial charge in [-0.15, -0.1) is 0 Å². The van der Waals surface area contributed by atoms with Crippen LogP contribution in [0.25, 0.3) is 0 Å². The minimum absolute atomic E-state index is 0.307. The van der Waals surface area contributed by atoms with Crippen LogP contribution in [0.1, 0.15) is 23.8 Å². The van der Waals surface area contributed by atoms with E-state index < -0.39 is 0 Å². The number of pyridine rings is 1. The van der Waals surface area contributed by atoms with E-state index in [1.54, 1.807) is 44.7 Å². The van der Waals surface area contributed by atoms with Crippen LogP contribution in [0.2, 0.25) is 0 Å². The van der Waals surface area contributed by atoms with Gasteiger partial charge in [0.05, 0.1) is 31.8 Å². The third kappa shape index (κ3) is 4.35. The Labute approximate surface area is 135 Å². The van der Waals surface area contributed by atoms with Gasteiger partial charge < -0.3 is 20.1 Å². The number of aromatic nitrogens is 1. The largest absolute Gasteiger partial charge is 0.497 e. The lowest BCUT2D eigenvalue weighted by Crippen LogP contribution is -2.14. The lowest BCUT2D eigenvalue weighted by atomic mass is 10.2. The number of hydrogen-bond donors (Lipinski definition) is 2. The van der Waals surface area contributed by atoms with Crippen molar-refractivity contribution >= 4 is 17.3 Å². The first-order chi connectivity index (χ1) is 11.2. The second kappa shape index (κ2) is 8.03.